The molecule has 3 heterocycles. The van der Waals surface area contributed by atoms with Crippen molar-refractivity contribution in [1.29, 1.82) is 0 Å². The predicted molar refractivity (Wildman–Crippen MR) is 123 cm³/mol. The van der Waals surface area contributed by atoms with E-state index in [-0.39, 0.29) is 11.3 Å². The maximum absolute atomic E-state index is 12.6. The van der Waals surface area contributed by atoms with Crippen LogP contribution in [0.3, 0.4) is 0 Å². The highest BCUT2D eigenvalue weighted by Gasteiger charge is 2.19. The molecule has 0 radical (unpaired) electrons. The number of hydrogen-bond acceptors (Lipinski definition) is 5. The second-order valence-corrected chi connectivity index (χ2v) is 9.17. The van der Waals surface area contributed by atoms with Crippen molar-refractivity contribution in [3.8, 4) is 21.7 Å². The maximum atomic E-state index is 12.6. The lowest BCUT2D eigenvalue weighted by molar-refractivity contribution is -0.605. The molecule has 1 amide bonds. The zero-order valence-electron chi connectivity index (χ0n) is 17.5. The van der Waals surface area contributed by atoms with Gasteiger partial charge in [-0.3, -0.25) is 15.1 Å². The van der Waals surface area contributed by atoms with Crippen molar-refractivity contribution in [3.05, 3.63) is 89.7 Å². The molecule has 0 atom stereocenters. The first-order valence-electron chi connectivity index (χ1n) is 9.83. The summed E-state index contributed by atoms with van der Waals surface area (Å²) in [6, 6.07) is 15.2. The van der Waals surface area contributed by atoms with E-state index >= 15 is 0 Å². The van der Waals surface area contributed by atoms with Crippen LogP contribution in [0.25, 0.3) is 21.7 Å². The molecule has 4 aromatic rings. The molecule has 0 saturated carbocycles. The third-order valence-corrected chi connectivity index (χ3v) is 5.88. The monoisotopic (exact) mass is 430 g/mol. The highest BCUT2D eigenvalue weighted by atomic mass is 32.1. The summed E-state index contributed by atoms with van der Waals surface area (Å²) in [5, 5.41) is 14.8. The lowest BCUT2D eigenvalue weighted by Gasteiger charge is -2.19. The first-order valence-corrected chi connectivity index (χ1v) is 10.7. The minimum absolute atomic E-state index is 0.0491. The fraction of sp³-hybridized carbons (Fsp3) is 0.167. The van der Waals surface area contributed by atoms with Gasteiger partial charge >= 0.3 is 0 Å². The number of carbonyl (C=O) groups is 1. The first-order chi connectivity index (χ1) is 14.8. The van der Waals surface area contributed by atoms with Crippen LogP contribution in [0.1, 0.15) is 36.7 Å². The van der Waals surface area contributed by atoms with E-state index in [0.29, 0.717) is 10.7 Å². The zero-order valence-corrected chi connectivity index (χ0v) is 18.3. The molecule has 0 saturated heterocycles. The number of anilines is 1. The summed E-state index contributed by atoms with van der Waals surface area (Å²) in [4.78, 5) is 22.2. The smallest absolute Gasteiger partial charge is 0.259 e. The average molecular weight is 431 g/mol. The summed E-state index contributed by atoms with van der Waals surface area (Å²) in [5.41, 5.74) is 4.30. The summed E-state index contributed by atoms with van der Waals surface area (Å²) in [6.07, 6.45) is 6.04. The van der Waals surface area contributed by atoms with Crippen LogP contribution in [0.5, 0.6) is 0 Å². The van der Waals surface area contributed by atoms with Gasteiger partial charge in [0.2, 0.25) is 0 Å². The van der Waals surface area contributed by atoms with Gasteiger partial charge in [0, 0.05) is 35.7 Å². The van der Waals surface area contributed by atoms with Gasteiger partial charge in [-0.05, 0) is 23.1 Å². The van der Waals surface area contributed by atoms with Crippen LogP contribution < -0.4 is 10.0 Å². The number of amides is 1. The van der Waals surface area contributed by atoms with Crippen LogP contribution in [-0.2, 0) is 5.41 Å². The van der Waals surface area contributed by atoms with E-state index < -0.39 is 0 Å². The number of carbonyl (C=O) groups excluding carboxylic acids is 1. The summed E-state index contributed by atoms with van der Waals surface area (Å²) in [7, 11) is 0. The van der Waals surface area contributed by atoms with Gasteiger partial charge in [0.25, 0.3) is 5.91 Å². The van der Waals surface area contributed by atoms with Crippen molar-refractivity contribution in [2.75, 3.05) is 5.32 Å². The molecule has 0 fully saturated rings. The van der Waals surface area contributed by atoms with Crippen molar-refractivity contribution in [2.24, 2.45) is 0 Å². The number of thiazole rings is 1. The number of aromatic nitrogens is 3. The Morgan fingerprint density at radius 2 is 1.74 bits per heavy atom. The Labute approximate surface area is 184 Å². The molecule has 0 spiro atoms. The number of rotatable bonds is 4. The Morgan fingerprint density at radius 3 is 2.35 bits per heavy atom. The van der Waals surface area contributed by atoms with Crippen LogP contribution in [0.4, 0.5) is 5.13 Å². The van der Waals surface area contributed by atoms with E-state index in [2.05, 4.69) is 43.2 Å². The largest absolute Gasteiger partial charge is 0.619 e. The second-order valence-electron chi connectivity index (χ2n) is 8.17. The molecule has 1 N–H and O–H groups in total. The molecule has 4 rings (SSSR count). The van der Waals surface area contributed by atoms with Gasteiger partial charge in [-0.2, -0.15) is 4.73 Å². The minimum Gasteiger partial charge on any atom is -0.619 e. The SMILES string of the molecule is CC(C)(C)c1ccc(-c2nc(NC(=O)c3cccnc3)sc2-c2cc[n+]([O-])cc2)cc1. The quantitative estimate of drug-likeness (QED) is 0.363. The third kappa shape index (κ3) is 4.62. The van der Waals surface area contributed by atoms with Gasteiger partial charge in [-0.25, -0.2) is 4.98 Å². The molecule has 0 unspecified atom stereocenters. The molecule has 6 nitrogen and oxygen atoms in total. The summed E-state index contributed by atoms with van der Waals surface area (Å²) in [5.74, 6) is -0.270. The van der Waals surface area contributed by atoms with Crippen LogP contribution in [0.2, 0.25) is 0 Å². The molecule has 7 heteroatoms. The molecular weight excluding hydrogens is 408 g/mol. The number of hydrogen-bond donors (Lipinski definition) is 1. The molecular formula is C24H22N4O2S. The van der Waals surface area contributed by atoms with Crippen LogP contribution in [0, 0.1) is 5.21 Å². The fourth-order valence-electron chi connectivity index (χ4n) is 3.12. The maximum Gasteiger partial charge on any atom is 0.259 e. The highest BCUT2D eigenvalue weighted by molar-refractivity contribution is 7.19. The third-order valence-electron chi connectivity index (χ3n) is 4.86. The average Bonchev–Trinajstić information content (AvgIpc) is 3.18. The van der Waals surface area contributed by atoms with Gasteiger partial charge in [0.05, 0.1) is 16.1 Å². The summed E-state index contributed by atoms with van der Waals surface area (Å²) < 4.78 is 0.743. The van der Waals surface area contributed by atoms with E-state index in [4.69, 9.17) is 4.98 Å². The first kappa shape index (κ1) is 20.7. The van der Waals surface area contributed by atoms with Crippen molar-refractivity contribution in [2.45, 2.75) is 26.2 Å². The van der Waals surface area contributed by atoms with Gasteiger partial charge in [-0.1, -0.05) is 56.4 Å². The molecule has 0 aliphatic heterocycles. The van der Waals surface area contributed by atoms with Crippen molar-refractivity contribution < 1.29 is 9.52 Å². The van der Waals surface area contributed by atoms with E-state index in [1.54, 1.807) is 30.5 Å². The summed E-state index contributed by atoms with van der Waals surface area (Å²) in [6.45, 7) is 6.51. The number of pyridine rings is 2. The normalized spacial score (nSPS) is 11.3. The summed E-state index contributed by atoms with van der Waals surface area (Å²) >= 11 is 1.37. The zero-order chi connectivity index (χ0) is 22.0. The Morgan fingerprint density at radius 1 is 1.03 bits per heavy atom. The lowest BCUT2D eigenvalue weighted by atomic mass is 9.86. The van der Waals surface area contributed by atoms with Crippen LogP contribution >= 0.6 is 11.3 Å². The lowest BCUT2D eigenvalue weighted by Crippen LogP contribution is -2.23. The van der Waals surface area contributed by atoms with Crippen LogP contribution in [0.15, 0.2) is 73.3 Å². The topological polar surface area (TPSA) is 81.8 Å². The number of nitrogens with one attached hydrogen (secondary N) is 1. The van der Waals surface area contributed by atoms with Gasteiger partial charge in [0.1, 0.15) is 0 Å². The van der Waals surface area contributed by atoms with E-state index in [1.807, 2.05) is 12.1 Å². The molecule has 1 aromatic carbocycles. The second kappa shape index (κ2) is 8.28. The van der Waals surface area contributed by atoms with Crippen molar-refractivity contribution >= 4 is 22.4 Å². The molecule has 3 aromatic heterocycles. The van der Waals surface area contributed by atoms with E-state index in [0.717, 1.165) is 26.4 Å². The minimum atomic E-state index is -0.270. The molecule has 0 bridgehead atoms. The van der Waals surface area contributed by atoms with Crippen molar-refractivity contribution in [1.82, 2.24) is 9.97 Å². The Balaban J connectivity index is 1.74. The van der Waals surface area contributed by atoms with Gasteiger partial charge in [0.15, 0.2) is 17.5 Å². The van der Waals surface area contributed by atoms with E-state index in [9.17, 15) is 10.0 Å². The molecule has 0 aliphatic carbocycles. The molecule has 31 heavy (non-hydrogen) atoms. The highest BCUT2D eigenvalue weighted by Crippen LogP contribution is 2.39. The Bertz CT molecular complexity index is 1200. The number of benzene rings is 1. The van der Waals surface area contributed by atoms with Gasteiger partial charge in [-0.15, -0.1) is 0 Å². The molecule has 156 valence electrons. The Hall–Kier alpha value is -3.58. The Kier molecular flexibility index (Phi) is 5.52. The predicted octanol–water partition coefficient (Wildman–Crippen LogP) is 5.06. The number of nitrogens with zero attached hydrogens (tertiary/aromatic N) is 3. The molecule has 0 aliphatic rings. The van der Waals surface area contributed by atoms with Crippen LogP contribution in [-0.4, -0.2) is 15.9 Å². The van der Waals surface area contributed by atoms with Crippen molar-refractivity contribution in [3.63, 3.8) is 0 Å². The van der Waals surface area contributed by atoms with Gasteiger partial charge < -0.3 is 5.21 Å². The fourth-order valence-corrected chi connectivity index (χ4v) is 4.11. The standard InChI is InChI=1S/C24H22N4O2S/c1-24(2,3)19-8-6-16(7-9-19)20-21(17-10-13-28(30)14-11-17)31-23(26-20)27-22(29)18-5-4-12-25-15-18/h4-15H,1-3H3,(H,26,27,29). The van der Waals surface area contributed by atoms with E-state index in [1.165, 1.54) is 35.5 Å².